The number of fused-ring (bicyclic) bond motifs is 1. The van der Waals surface area contributed by atoms with E-state index in [4.69, 9.17) is 9.57 Å². The van der Waals surface area contributed by atoms with Gasteiger partial charge in [0.05, 0.1) is 7.11 Å². The maximum atomic E-state index is 13.5. The Labute approximate surface area is 156 Å². The number of carbonyl (C=O) groups is 1. The number of hydrogen-bond donors (Lipinski definition) is 2. The summed E-state index contributed by atoms with van der Waals surface area (Å²) >= 11 is 0. The summed E-state index contributed by atoms with van der Waals surface area (Å²) in [5.74, 6) is 0.613. The molecule has 3 rings (SSSR count). The van der Waals surface area contributed by atoms with Crippen LogP contribution in [0, 0.1) is 5.82 Å². The van der Waals surface area contributed by atoms with E-state index in [-0.39, 0.29) is 17.1 Å². The van der Waals surface area contributed by atoms with Gasteiger partial charge in [-0.1, -0.05) is 19.8 Å². The van der Waals surface area contributed by atoms with E-state index in [0.717, 1.165) is 24.6 Å². The maximum absolute atomic E-state index is 13.5. The number of carbonyl (C=O) groups excluding carboxylic acids is 2. The summed E-state index contributed by atoms with van der Waals surface area (Å²) in [7, 11) is 1.31. The molecule has 0 radical (unpaired) electrons. The van der Waals surface area contributed by atoms with Crippen LogP contribution in [0.1, 0.15) is 38.3 Å². The summed E-state index contributed by atoms with van der Waals surface area (Å²) < 4.78 is 19.3. The van der Waals surface area contributed by atoms with E-state index in [1.807, 2.05) is 6.07 Å². The number of ether oxygens (including phenoxy) is 1. The summed E-state index contributed by atoms with van der Waals surface area (Å²) in [4.78, 5) is 31.7. The molecule has 1 aliphatic heterocycles. The van der Waals surface area contributed by atoms with Crippen LogP contribution in [0.5, 0.6) is 0 Å². The molecule has 0 aliphatic carbocycles. The Balaban J connectivity index is 2.11. The van der Waals surface area contributed by atoms with E-state index in [1.54, 1.807) is 12.0 Å². The molecule has 6 nitrogen and oxygen atoms in total. The summed E-state index contributed by atoms with van der Waals surface area (Å²) in [6.07, 6.45) is 3.09. The van der Waals surface area contributed by atoms with E-state index in [2.05, 4.69) is 17.4 Å². The van der Waals surface area contributed by atoms with Crippen molar-refractivity contribution >= 4 is 28.3 Å². The van der Waals surface area contributed by atoms with Gasteiger partial charge in [0, 0.05) is 22.2 Å². The van der Waals surface area contributed by atoms with Gasteiger partial charge in [-0.15, -0.1) is 0 Å². The fourth-order valence-corrected chi connectivity index (χ4v) is 3.32. The molecule has 0 saturated heterocycles. The smallest absolute Gasteiger partial charge is 0.279 e. The molecule has 1 aromatic heterocycles. The second-order valence-electron chi connectivity index (χ2n) is 6.37. The molecular formula is C20H21FN2O4. The molecule has 0 saturated carbocycles. The number of halogens is 1. The number of rotatable bonds is 7. The second-order valence-corrected chi connectivity index (χ2v) is 6.37. The number of amides is 1. The van der Waals surface area contributed by atoms with Gasteiger partial charge in [-0.25, -0.2) is 14.7 Å². The fraction of sp³-hybridized carbons (Fsp3) is 0.350. The number of hydrogen-bond acceptors (Lipinski definition) is 4. The molecule has 1 unspecified atom stereocenters. The molecule has 1 aromatic carbocycles. The van der Waals surface area contributed by atoms with Crippen molar-refractivity contribution in [2.45, 2.75) is 38.7 Å². The Morgan fingerprint density at radius 2 is 2.19 bits per heavy atom. The molecule has 7 heteroatoms. The van der Waals surface area contributed by atoms with Crippen LogP contribution >= 0.6 is 0 Å². The summed E-state index contributed by atoms with van der Waals surface area (Å²) in [6, 6.07) is 6.22. The summed E-state index contributed by atoms with van der Waals surface area (Å²) in [5, 5.41) is 0.793. The van der Waals surface area contributed by atoms with E-state index < -0.39 is 12.0 Å². The van der Waals surface area contributed by atoms with Crippen LogP contribution in [-0.4, -0.2) is 30.0 Å². The van der Waals surface area contributed by atoms with Crippen molar-refractivity contribution in [2.24, 2.45) is 0 Å². The topological polar surface area (TPSA) is 80.4 Å². The highest BCUT2D eigenvalue weighted by atomic mass is 19.1. The zero-order valence-corrected chi connectivity index (χ0v) is 15.2. The lowest BCUT2D eigenvalue weighted by atomic mass is 9.97. The first-order valence-corrected chi connectivity index (χ1v) is 8.87. The van der Waals surface area contributed by atoms with Gasteiger partial charge >= 0.3 is 0 Å². The Hall–Kier alpha value is -2.89. The summed E-state index contributed by atoms with van der Waals surface area (Å²) in [5.41, 5.74) is 4.06. The van der Waals surface area contributed by atoms with Crippen LogP contribution in [0.15, 0.2) is 35.6 Å². The third-order valence-electron chi connectivity index (χ3n) is 4.54. The monoisotopic (exact) mass is 372 g/mol. The molecular weight excluding hydrogens is 351 g/mol. The van der Waals surface area contributed by atoms with E-state index in [9.17, 15) is 14.0 Å². The van der Waals surface area contributed by atoms with Gasteiger partial charge in [-0.2, -0.15) is 0 Å². The first-order valence-electron chi connectivity index (χ1n) is 8.87. The molecule has 142 valence electrons. The highest BCUT2D eigenvalue weighted by molar-refractivity contribution is 6.08. The highest BCUT2D eigenvalue weighted by Crippen LogP contribution is 2.39. The number of nitrogens with one attached hydrogen (secondary N) is 2. The molecule has 0 spiro atoms. The Morgan fingerprint density at radius 1 is 1.37 bits per heavy atom. The minimum absolute atomic E-state index is 0.0837. The van der Waals surface area contributed by atoms with Crippen molar-refractivity contribution in [1.29, 1.82) is 0 Å². The predicted octanol–water partition coefficient (Wildman–Crippen LogP) is 3.43. The average Bonchev–Trinajstić information content (AvgIpc) is 3.22. The summed E-state index contributed by atoms with van der Waals surface area (Å²) in [6.45, 7) is 2.09. The number of aromatic nitrogens is 1. The van der Waals surface area contributed by atoms with Crippen molar-refractivity contribution in [3.63, 3.8) is 0 Å². The molecule has 1 atom stereocenters. The Kier molecular flexibility index (Phi) is 5.74. The minimum Gasteiger partial charge on any atom is -0.474 e. The van der Waals surface area contributed by atoms with Crippen LogP contribution in [0.25, 0.3) is 16.5 Å². The predicted molar refractivity (Wildman–Crippen MR) is 98.5 cm³/mol. The van der Waals surface area contributed by atoms with Gasteiger partial charge in [0.1, 0.15) is 17.5 Å². The lowest BCUT2D eigenvalue weighted by Gasteiger charge is -2.13. The van der Waals surface area contributed by atoms with Gasteiger partial charge in [-0.3, -0.25) is 9.63 Å². The molecule has 0 fully saturated rings. The number of unbranched alkanes of at least 4 members (excludes halogenated alkanes) is 2. The van der Waals surface area contributed by atoms with E-state index in [0.29, 0.717) is 23.2 Å². The minimum atomic E-state index is -0.589. The molecule has 0 bridgehead atoms. The van der Waals surface area contributed by atoms with Crippen molar-refractivity contribution in [3.8, 4) is 0 Å². The molecule has 2 heterocycles. The second kappa shape index (κ2) is 8.20. The van der Waals surface area contributed by atoms with Crippen LogP contribution in [-0.2, 0) is 19.2 Å². The largest absolute Gasteiger partial charge is 0.474 e. The SMILES string of the molecule is CCCCCC1OC(=C=O)C(C(=O)NOC)=C1c1cc2ccc(F)cc2[nH]1. The Morgan fingerprint density at radius 3 is 2.89 bits per heavy atom. The number of benzene rings is 1. The lowest BCUT2D eigenvalue weighted by Crippen LogP contribution is -2.24. The van der Waals surface area contributed by atoms with Gasteiger partial charge in [-0.05, 0) is 37.1 Å². The lowest BCUT2D eigenvalue weighted by molar-refractivity contribution is -0.127. The zero-order chi connectivity index (χ0) is 19.4. The van der Waals surface area contributed by atoms with Gasteiger partial charge in [0.15, 0.2) is 5.94 Å². The molecule has 1 amide bonds. The van der Waals surface area contributed by atoms with Gasteiger partial charge in [0.2, 0.25) is 5.76 Å². The number of hydroxylamine groups is 1. The van der Waals surface area contributed by atoms with Crippen LogP contribution in [0.2, 0.25) is 0 Å². The van der Waals surface area contributed by atoms with Gasteiger partial charge in [0.25, 0.3) is 5.91 Å². The fourth-order valence-electron chi connectivity index (χ4n) is 3.32. The third-order valence-corrected chi connectivity index (χ3v) is 4.54. The first kappa shape index (κ1) is 18.9. The number of H-pyrrole nitrogens is 1. The quantitative estimate of drug-likeness (QED) is 0.443. The van der Waals surface area contributed by atoms with Crippen molar-refractivity contribution in [1.82, 2.24) is 10.5 Å². The normalized spacial score (nSPS) is 16.6. The van der Waals surface area contributed by atoms with E-state index >= 15 is 0 Å². The third kappa shape index (κ3) is 3.79. The van der Waals surface area contributed by atoms with Crippen molar-refractivity contribution in [3.05, 3.63) is 47.1 Å². The zero-order valence-electron chi connectivity index (χ0n) is 15.2. The molecule has 2 aromatic rings. The van der Waals surface area contributed by atoms with E-state index in [1.165, 1.54) is 19.2 Å². The molecule has 1 aliphatic rings. The maximum Gasteiger partial charge on any atom is 0.279 e. The van der Waals surface area contributed by atoms with Crippen LogP contribution in [0.3, 0.4) is 0 Å². The number of aromatic amines is 1. The van der Waals surface area contributed by atoms with Crippen molar-refractivity contribution in [2.75, 3.05) is 7.11 Å². The highest BCUT2D eigenvalue weighted by Gasteiger charge is 2.37. The Bertz CT molecular complexity index is 941. The van der Waals surface area contributed by atoms with Crippen LogP contribution in [0.4, 0.5) is 4.39 Å². The molecule has 2 N–H and O–H groups in total. The first-order chi connectivity index (χ1) is 13.1. The van der Waals surface area contributed by atoms with Crippen molar-refractivity contribution < 1.29 is 23.6 Å². The van der Waals surface area contributed by atoms with Gasteiger partial charge < -0.3 is 9.72 Å². The standard InChI is InChI=1S/C20H21FN2O4/c1-3-4-5-6-16-18(19(17(11-24)27-16)20(25)23-26-2)15-9-12-7-8-13(21)10-14(12)22-15/h7-10,16,22H,3-6H2,1-2H3,(H,23,25). The average molecular weight is 372 g/mol. The molecule has 27 heavy (non-hydrogen) atoms. The van der Waals surface area contributed by atoms with Crippen LogP contribution < -0.4 is 5.48 Å².